The van der Waals surface area contributed by atoms with Crippen molar-refractivity contribution in [3.05, 3.63) is 58.1 Å². The average molecular weight is 338 g/mol. The molecule has 0 radical (unpaired) electrons. The van der Waals surface area contributed by atoms with Crippen molar-refractivity contribution in [2.75, 3.05) is 19.0 Å². The molecule has 0 saturated carbocycles. The maximum Gasteiger partial charge on any atom is 0.296 e. The summed E-state index contributed by atoms with van der Waals surface area (Å²) in [5.41, 5.74) is -0.426. The molecule has 0 aliphatic heterocycles. The van der Waals surface area contributed by atoms with Crippen LogP contribution in [0.25, 0.3) is 0 Å². The lowest BCUT2D eigenvalue weighted by Crippen LogP contribution is -2.21. The van der Waals surface area contributed by atoms with Gasteiger partial charge in [-0.05, 0) is 24.3 Å². The molecule has 0 aliphatic carbocycles. The topological polar surface area (TPSA) is 90.7 Å². The van der Waals surface area contributed by atoms with Gasteiger partial charge in [0.1, 0.15) is 17.3 Å². The second-order valence-corrected chi connectivity index (χ2v) is 4.55. The third-order valence-electron chi connectivity index (χ3n) is 2.93. The first kappa shape index (κ1) is 17.1. The van der Waals surface area contributed by atoms with Crippen LogP contribution in [0.1, 0.15) is 0 Å². The van der Waals surface area contributed by atoms with Crippen LogP contribution >= 0.6 is 0 Å². The molecule has 9 heteroatoms. The van der Waals surface area contributed by atoms with Gasteiger partial charge in [-0.15, -0.1) is 0 Å². The highest BCUT2D eigenvalue weighted by molar-refractivity contribution is 5.94. The van der Waals surface area contributed by atoms with Gasteiger partial charge in [0.2, 0.25) is 0 Å². The fourth-order valence-corrected chi connectivity index (χ4v) is 1.82. The van der Waals surface area contributed by atoms with Gasteiger partial charge in [0, 0.05) is 6.07 Å². The summed E-state index contributed by atoms with van der Waals surface area (Å²) in [4.78, 5) is 22.1. The minimum absolute atomic E-state index is 0.0611. The summed E-state index contributed by atoms with van der Waals surface area (Å²) in [7, 11) is 1.35. The summed E-state index contributed by atoms with van der Waals surface area (Å²) in [6, 6.07) is 6.51. The zero-order chi connectivity index (χ0) is 17.7. The Morgan fingerprint density at radius 1 is 1.25 bits per heavy atom. The molecule has 2 rings (SSSR count). The number of ether oxygens (including phenoxy) is 2. The van der Waals surface area contributed by atoms with E-state index in [1.54, 1.807) is 0 Å². The Labute approximate surface area is 135 Å². The summed E-state index contributed by atoms with van der Waals surface area (Å²) in [5.74, 6) is -2.54. The van der Waals surface area contributed by atoms with Crippen molar-refractivity contribution in [2.45, 2.75) is 0 Å². The lowest BCUT2D eigenvalue weighted by atomic mass is 10.2. The molecule has 126 valence electrons. The Bertz CT molecular complexity index is 782. The molecule has 0 aliphatic rings. The van der Waals surface area contributed by atoms with Crippen molar-refractivity contribution in [3.63, 3.8) is 0 Å². The molecule has 24 heavy (non-hydrogen) atoms. The number of hydrogen-bond acceptors (Lipinski definition) is 5. The van der Waals surface area contributed by atoms with Gasteiger partial charge in [-0.25, -0.2) is 8.78 Å². The molecule has 0 heterocycles. The van der Waals surface area contributed by atoms with Crippen LogP contribution in [-0.4, -0.2) is 24.5 Å². The third-order valence-corrected chi connectivity index (χ3v) is 2.93. The smallest absolute Gasteiger partial charge is 0.296 e. The number of nitrogens with zero attached hydrogens (tertiary/aromatic N) is 1. The summed E-state index contributed by atoms with van der Waals surface area (Å²) in [5, 5.41) is 13.3. The van der Waals surface area contributed by atoms with Crippen molar-refractivity contribution in [1.29, 1.82) is 0 Å². The Morgan fingerprint density at radius 3 is 2.62 bits per heavy atom. The molecule has 1 amide bonds. The molecular formula is C15H12F2N2O5. The molecule has 7 nitrogen and oxygen atoms in total. The van der Waals surface area contributed by atoms with Gasteiger partial charge in [0.25, 0.3) is 11.6 Å². The zero-order valence-corrected chi connectivity index (χ0v) is 12.4. The Hall–Kier alpha value is -3.23. The fraction of sp³-hybridized carbons (Fsp3) is 0.133. The zero-order valence-electron chi connectivity index (χ0n) is 12.4. The van der Waals surface area contributed by atoms with E-state index in [9.17, 15) is 23.7 Å². The van der Waals surface area contributed by atoms with E-state index in [-0.39, 0.29) is 22.9 Å². The number of amides is 1. The SMILES string of the molecule is COc1ccc(NC(=O)COc2ccc(F)cc2F)c([N+](=O)[O-])c1. The lowest BCUT2D eigenvalue weighted by Gasteiger charge is -2.09. The third kappa shape index (κ3) is 4.15. The van der Waals surface area contributed by atoms with E-state index in [0.29, 0.717) is 6.07 Å². The molecule has 0 fully saturated rings. The van der Waals surface area contributed by atoms with Gasteiger partial charge in [-0.2, -0.15) is 0 Å². The molecule has 1 N–H and O–H groups in total. The molecule has 2 aromatic rings. The second kappa shape index (κ2) is 7.36. The Kier molecular flexibility index (Phi) is 5.25. The molecule has 0 bridgehead atoms. The van der Waals surface area contributed by atoms with Crippen LogP contribution in [0.5, 0.6) is 11.5 Å². The number of anilines is 1. The highest BCUT2D eigenvalue weighted by Crippen LogP contribution is 2.29. The molecule has 0 spiro atoms. The van der Waals surface area contributed by atoms with E-state index in [1.165, 1.54) is 19.2 Å². The molecule has 2 aromatic carbocycles. The van der Waals surface area contributed by atoms with Crippen LogP contribution < -0.4 is 14.8 Å². The molecular weight excluding hydrogens is 326 g/mol. The van der Waals surface area contributed by atoms with E-state index in [2.05, 4.69) is 5.32 Å². The molecule has 0 saturated heterocycles. The average Bonchev–Trinajstić information content (AvgIpc) is 2.54. The Morgan fingerprint density at radius 2 is 2.00 bits per heavy atom. The predicted octanol–water partition coefficient (Wildman–Crippen LogP) is 2.90. The number of carbonyl (C=O) groups is 1. The van der Waals surface area contributed by atoms with Crippen LogP contribution in [0, 0.1) is 21.7 Å². The van der Waals surface area contributed by atoms with Gasteiger partial charge in [-0.1, -0.05) is 0 Å². The van der Waals surface area contributed by atoms with Crippen LogP contribution in [0.2, 0.25) is 0 Å². The lowest BCUT2D eigenvalue weighted by molar-refractivity contribution is -0.384. The van der Waals surface area contributed by atoms with Crippen molar-refractivity contribution in [3.8, 4) is 11.5 Å². The van der Waals surface area contributed by atoms with Crippen molar-refractivity contribution in [2.24, 2.45) is 0 Å². The number of nitro groups is 1. The van der Waals surface area contributed by atoms with Gasteiger partial charge < -0.3 is 14.8 Å². The summed E-state index contributed by atoms with van der Waals surface area (Å²) in [6.45, 7) is -0.605. The molecule has 0 aromatic heterocycles. The van der Waals surface area contributed by atoms with Crippen molar-refractivity contribution >= 4 is 17.3 Å². The van der Waals surface area contributed by atoms with Gasteiger partial charge >= 0.3 is 0 Å². The molecule has 0 atom stereocenters. The van der Waals surface area contributed by atoms with Crippen molar-refractivity contribution < 1.29 is 28.0 Å². The number of nitrogens with one attached hydrogen (secondary N) is 1. The van der Waals surface area contributed by atoms with E-state index in [1.807, 2.05) is 0 Å². The minimum Gasteiger partial charge on any atom is -0.496 e. The first-order chi connectivity index (χ1) is 11.4. The van der Waals surface area contributed by atoms with E-state index < -0.39 is 29.1 Å². The number of carbonyl (C=O) groups excluding carboxylic acids is 1. The first-order valence-electron chi connectivity index (χ1n) is 6.61. The number of rotatable bonds is 6. The van der Waals surface area contributed by atoms with E-state index in [4.69, 9.17) is 9.47 Å². The van der Waals surface area contributed by atoms with Crippen LogP contribution in [0.4, 0.5) is 20.2 Å². The van der Waals surface area contributed by atoms with Gasteiger partial charge in [-0.3, -0.25) is 14.9 Å². The van der Waals surface area contributed by atoms with Crippen molar-refractivity contribution in [1.82, 2.24) is 0 Å². The van der Waals surface area contributed by atoms with E-state index >= 15 is 0 Å². The van der Waals surface area contributed by atoms with Crippen LogP contribution in [-0.2, 0) is 4.79 Å². The molecule has 0 unspecified atom stereocenters. The number of benzene rings is 2. The monoisotopic (exact) mass is 338 g/mol. The number of hydrogen-bond donors (Lipinski definition) is 1. The highest BCUT2D eigenvalue weighted by atomic mass is 19.1. The maximum absolute atomic E-state index is 13.4. The van der Waals surface area contributed by atoms with Gasteiger partial charge in [0.05, 0.1) is 18.1 Å². The second-order valence-electron chi connectivity index (χ2n) is 4.55. The maximum atomic E-state index is 13.4. The number of methoxy groups -OCH3 is 1. The first-order valence-corrected chi connectivity index (χ1v) is 6.61. The number of halogens is 2. The van der Waals surface area contributed by atoms with Gasteiger partial charge in [0.15, 0.2) is 18.2 Å². The minimum atomic E-state index is -0.960. The van der Waals surface area contributed by atoms with Crippen LogP contribution in [0.15, 0.2) is 36.4 Å². The van der Waals surface area contributed by atoms with Crippen LogP contribution in [0.3, 0.4) is 0 Å². The summed E-state index contributed by atoms with van der Waals surface area (Å²) in [6.07, 6.45) is 0. The van der Waals surface area contributed by atoms with E-state index in [0.717, 1.165) is 18.2 Å². The quantitative estimate of drug-likeness (QED) is 0.646. The summed E-state index contributed by atoms with van der Waals surface area (Å²) >= 11 is 0. The highest BCUT2D eigenvalue weighted by Gasteiger charge is 2.17. The fourth-order valence-electron chi connectivity index (χ4n) is 1.82. The summed E-state index contributed by atoms with van der Waals surface area (Å²) < 4.78 is 35.9. The Balaban J connectivity index is 2.05. The largest absolute Gasteiger partial charge is 0.496 e. The predicted molar refractivity (Wildman–Crippen MR) is 80.1 cm³/mol. The number of nitro benzene ring substituents is 1. The normalized spacial score (nSPS) is 10.1. The standard InChI is InChI=1S/C15H12F2N2O5/c1-23-10-3-4-12(13(7-10)19(21)22)18-15(20)8-24-14-5-2-9(16)6-11(14)17/h2-7H,8H2,1H3,(H,18,20).